The van der Waals surface area contributed by atoms with Crippen molar-refractivity contribution in [1.29, 1.82) is 0 Å². The third-order valence-corrected chi connectivity index (χ3v) is 4.89. The SMILES string of the molecule is Cc1ccc(NC(=O)c2cc(C)c(C)c(S(N)(=O)=O)c2)cc1[N+](=O)[O-]. The van der Waals surface area contributed by atoms with Gasteiger partial charge in [-0.1, -0.05) is 6.07 Å². The molecular weight excluding hydrogens is 346 g/mol. The van der Waals surface area contributed by atoms with E-state index in [1.54, 1.807) is 20.8 Å². The van der Waals surface area contributed by atoms with Crippen molar-refractivity contribution in [2.75, 3.05) is 5.32 Å². The summed E-state index contributed by atoms with van der Waals surface area (Å²) in [5.74, 6) is -0.592. The molecule has 0 saturated carbocycles. The third-order valence-electron chi connectivity index (χ3n) is 3.85. The van der Waals surface area contributed by atoms with Gasteiger partial charge in [-0.2, -0.15) is 0 Å². The Morgan fingerprint density at radius 1 is 1.12 bits per heavy atom. The van der Waals surface area contributed by atoms with Crippen molar-refractivity contribution in [3.05, 3.63) is 62.7 Å². The van der Waals surface area contributed by atoms with Gasteiger partial charge in [0.15, 0.2) is 0 Å². The fourth-order valence-corrected chi connectivity index (χ4v) is 3.22. The van der Waals surface area contributed by atoms with Crippen LogP contribution in [0.4, 0.5) is 11.4 Å². The van der Waals surface area contributed by atoms with Gasteiger partial charge in [-0.25, -0.2) is 13.6 Å². The Bertz CT molecular complexity index is 984. The highest BCUT2D eigenvalue weighted by molar-refractivity contribution is 7.89. The Labute approximate surface area is 144 Å². The summed E-state index contributed by atoms with van der Waals surface area (Å²) >= 11 is 0. The Kier molecular flexibility index (Phi) is 4.91. The van der Waals surface area contributed by atoms with Gasteiger partial charge in [0.2, 0.25) is 10.0 Å². The smallest absolute Gasteiger partial charge is 0.274 e. The van der Waals surface area contributed by atoms with Crippen molar-refractivity contribution in [3.63, 3.8) is 0 Å². The van der Waals surface area contributed by atoms with E-state index in [2.05, 4.69) is 5.32 Å². The number of sulfonamides is 1. The van der Waals surface area contributed by atoms with Gasteiger partial charge >= 0.3 is 0 Å². The van der Waals surface area contributed by atoms with E-state index in [1.807, 2.05) is 0 Å². The number of benzene rings is 2. The summed E-state index contributed by atoms with van der Waals surface area (Å²) in [6.45, 7) is 4.85. The fraction of sp³-hybridized carbons (Fsp3) is 0.188. The number of carbonyl (C=O) groups is 1. The summed E-state index contributed by atoms with van der Waals surface area (Å²) in [6.07, 6.45) is 0. The zero-order valence-electron chi connectivity index (χ0n) is 13.9. The number of nitro groups is 1. The summed E-state index contributed by atoms with van der Waals surface area (Å²) in [5, 5.41) is 18.7. The molecule has 1 amide bonds. The van der Waals surface area contributed by atoms with Crippen LogP contribution in [0.2, 0.25) is 0 Å². The second-order valence-electron chi connectivity index (χ2n) is 5.67. The molecule has 0 aromatic heterocycles. The minimum Gasteiger partial charge on any atom is -0.322 e. The molecule has 132 valence electrons. The van der Waals surface area contributed by atoms with E-state index >= 15 is 0 Å². The quantitative estimate of drug-likeness (QED) is 0.636. The number of hydrogen-bond acceptors (Lipinski definition) is 5. The van der Waals surface area contributed by atoms with Gasteiger partial charge < -0.3 is 5.32 Å². The molecule has 0 spiro atoms. The largest absolute Gasteiger partial charge is 0.322 e. The minimum absolute atomic E-state index is 0.0929. The highest BCUT2D eigenvalue weighted by atomic mass is 32.2. The summed E-state index contributed by atoms with van der Waals surface area (Å²) in [7, 11) is -3.98. The molecule has 0 saturated heterocycles. The maximum atomic E-state index is 12.4. The number of nitrogens with one attached hydrogen (secondary N) is 1. The molecule has 0 atom stereocenters. The fourth-order valence-electron chi connectivity index (χ4n) is 2.34. The lowest BCUT2D eigenvalue weighted by Gasteiger charge is -2.11. The van der Waals surface area contributed by atoms with Crippen molar-refractivity contribution in [2.45, 2.75) is 25.7 Å². The number of anilines is 1. The minimum atomic E-state index is -3.98. The lowest BCUT2D eigenvalue weighted by molar-refractivity contribution is -0.385. The lowest BCUT2D eigenvalue weighted by atomic mass is 10.1. The van der Waals surface area contributed by atoms with Crippen molar-refractivity contribution in [2.24, 2.45) is 5.14 Å². The van der Waals surface area contributed by atoms with E-state index in [1.165, 1.54) is 30.3 Å². The topological polar surface area (TPSA) is 132 Å². The van der Waals surface area contributed by atoms with Crippen molar-refractivity contribution in [1.82, 2.24) is 0 Å². The molecule has 2 aromatic rings. The van der Waals surface area contributed by atoms with Crippen LogP contribution in [0.5, 0.6) is 0 Å². The van der Waals surface area contributed by atoms with Crippen molar-refractivity contribution in [3.8, 4) is 0 Å². The van der Waals surface area contributed by atoms with Crippen LogP contribution >= 0.6 is 0 Å². The van der Waals surface area contributed by atoms with Crippen molar-refractivity contribution >= 4 is 27.3 Å². The first-order valence-electron chi connectivity index (χ1n) is 7.21. The molecule has 25 heavy (non-hydrogen) atoms. The number of rotatable bonds is 4. The summed E-state index contributed by atoms with van der Waals surface area (Å²) in [4.78, 5) is 22.7. The molecule has 0 unspecified atom stereocenters. The second kappa shape index (κ2) is 6.61. The first-order chi connectivity index (χ1) is 11.5. The van der Waals surface area contributed by atoms with E-state index < -0.39 is 20.9 Å². The highest BCUT2D eigenvalue weighted by Crippen LogP contribution is 2.24. The van der Waals surface area contributed by atoms with Crippen LogP contribution in [0.15, 0.2) is 35.2 Å². The molecule has 0 radical (unpaired) electrons. The molecule has 9 heteroatoms. The zero-order chi connectivity index (χ0) is 18.9. The number of nitrogens with two attached hydrogens (primary N) is 1. The summed E-state index contributed by atoms with van der Waals surface area (Å²) in [5.41, 5.74) is 1.72. The van der Waals surface area contributed by atoms with E-state index in [4.69, 9.17) is 5.14 Å². The molecule has 3 N–H and O–H groups in total. The monoisotopic (exact) mass is 363 g/mol. The maximum absolute atomic E-state index is 12.4. The predicted octanol–water partition coefficient (Wildman–Crippen LogP) is 2.42. The Hall–Kier alpha value is -2.78. The first kappa shape index (κ1) is 18.6. The zero-order valence-corrected chi connectivity index (χ0v) is 14.7. The third kappa shape index (κ3) is 4.01. The Morgan fingerprint density at radius 2 is 1.76 bits per heavy atom. The molecule has 2 rings (SSSR count). The molecule has 0 fully saturated rings. The first-order valence-corrected chi connectivity index (χ1v) is 8.76. The van der Waals surface area contributed by atoms with Gasteiger partial charge in [-0.3, -0.25) is 14.9 Å². The number of nitrogens with zero attached hydrogens (tertiary/aromatic N) is 1. The number of nitro benzene ring substituents is 1. The standard InChI is InChI=1S/C16H17N3O5S/c1-9-4-5-13(8-14(9)19(21)22)18-16(20)12-6-10(2)11(3)15(7-12)25(17,23)24/h4-8H,1-3H3,(H,18,20)(H2,17,23,24). The number of amides is 1. The van der Waals surface area contributed by atoms with Crippen LogP contribution in [0.3, 0.4) is 0 Å². The number of carbonyl (C=O) groups excluding carboxylic acids is 1. The van der Waals surface area contributed by atoms with E-state index in [0.29, 0.717) is 16.7 Å². The van der Waals surface area contributed by atoms with Crippen LogP contribution in [0, 0.1) is 30.9 Å². The van der Waals surface area contributed by atoms with E-state index in [0.717, 1.165) is 0 Å². The van der Waals surface area contributed by atoms with Crippen LogP contribution < -0.4 is 10.5 Å². The number of hydrogen-bond donors (Lipinski definition) is 2. The highest BCUT2D eigenvalue weighted by Gasteiger charge is 2.18. The summed E-state index contributed by atoms with van der Waals surface area (Å²) < 4.78 is 23.3. The molecule has 8 nitrogen and oxygen atoms in total. The van der Waals surface area contributed by atoms with Gasteiger partial charge in [0, 0.05) is 22.9 Å². The van der Waals surface area contributed by atoms with Gasteiger partial charge in [-0.05, 0) is 50.1 Å². The van der Waals surface area contributed by atoms with Crippen molar-refractivity contribution < 1.29 is 18.1 Å². The number of aryl methyl sites for hydroxylation is 2. The van der Waals surface area contributed by atoms with Gasteiger partial charge in [-0.15, -0.1) is 0 Å². The molecule has 0 heterocycles. The van der Waals surface area contributed by atoms with Gasteiger partial charge in [0.1, 0.15) is 0 Å². The van der Waals surface area contributed by atoms with Crippen LogP contribution in [-0.2, 0) is 10.0 Å². The molecule has 0 aliphatic carbocycles. The van der Waals surface area contributed by atoms with Gasteiger partial charge in [0.05, 0.1) is 9.82 Å². The molecule has 2 aromatic carbocycles. The lowest BCUT2D eigenvalue weighted by Crippen LogP contribution is -2.18. The predicted molar refractivity (Wildman–Crippen MR) is 93.1 cm³/mol. The van der Waals surface area contributed by atoms with Crippen LogP contribution in [0.1, 0.15) is 27.0 Å². The van der Waals surface area contributed by atoms with E-state index in [-0.39, 0.29) is 21.8 Å². The Morgan fingerprint density at radius 3 is 2.32 bits per heavy atom. The molecule has 0 bridgehead atoms. The molecular formula is C16H17N3O5S. The van der Waals surface area contributed by atoms with Gasteiger partial charge in [0.25, 0.3) is 11.6 Å². The van der Waals surface area contributed by atoms with E-state index in [9.17, 15) is 23.3 Å². The molecule has 0 aliphatic rings. The van der Waals surface area contributed by atoms with Crippen LogP contribution in [-0.4, -0.2) is 19.2 Å². The second-order valence-corrected chi connectivity index (χ2v) is 7.20. The average Bonchev–Trinajstić information content (AvgIpc) is 2.50. The van der Waals surface area contributed by atoms with Crippen LogP contribution in [0.25, 0.3) is 0 Å². The maximum Gasteiger partial charge on any atom is 0.274 e. The normalized spacial score (nSPS) is 11.2. The average molecular weight is 363 g/mol. The Balaban J connectivity index is 2.41. The number of primary sulfonamides is 1. The molecule has 0 aliphatic heterocycles. The summed E-state index contributed by atoms with van der Waals surface area (Å²) in [6, 6.07) is 7.01.